The number of rotatable bonds is 26. The average molecular weight is 1390 g/mol. The summed E-state index contributed by atoms with van der Waals surface area (Å²) < 4.78 is 73.6. The first-order chi connectivity index (χ1) is 46.0. The maximum absolute atomic E-state index is 13.4. The van der Waals surface area contributed by atoms with Gasteiger partial charge in [0.1, 0.15) is 55.4 Å². The molecule has 0 spiro atoms. The Hall–Kier alpha value is -10.4. The first kappa shape index (κ1) is 76.6. The van der Waals surface area contributed by atoms with Crippen LogP contribution in [0, 0.1) is 5.41 Å². The van der Waals surface area contributed by atoms with Gasteiger partial charge in [0.2, 0.25) is 41.1 Å². The fourth-order valence-electron chi connectivity index (χ4n) is 9.43. The monoisotopic (exact) mass is 1390 g/mol. The van der Waals surface area contributed by atoms with Crippen LogP contribution in [0.25, 0.3) is 0 Å². The number of aliphatic imine (C=N–C) groups is 1. The molecule has 540 valence electrons. The van der Waals surface area contributed by atoms with Gasteiger partial charge in [-0.3, -0.25) is 44.6 Å². The van der Waals surface area contributed by atoms with Crippen LogP contribution in [0.1, 0.15) is 87.5 Å². The summed E-state index contributed by atoms with van der Waals surface area (Å²) in [5.41, 5.74) is -1.92. The van der Waals surface area contributed by atoms with E-state index in [9.17, 15) is 52.7 Å². The van der Waals surface area contributed by atoms with Gasteiger partial charge in [0.25, 0.3) is 0 Å². The van der Waals surface area contributed by atoms with Crippen molar-refractivity contribution < 1.29 is 114 Å². The van der Waals surface area contributed by atoms with E-state index in [2.05, 4.69) is 73.5 Å². The molecule has 10 N–H and O–H groups in total. The van der Waals surface area contributed by atoms with Gasteiger partial charge in [-0.15, -0.1) is 15.2 Å². The molecule has 7 amide bonds. The second kappa shape index (κ2) is 34.5. The van der Waals surface area contributed by atoms with E-state index in [1.54, 1.807) is 74.7 Å². The van der Waals surface area contributed by atoms with Gasteiger partial charge in [0.05, 0.1) is 62.9 Å². The highest BCUT2D eigenvalue weighted by Crippen LogP contribution is 2.30. The molecule has 0 aromatic carbocycles. The molecule has 6 rings (SSSR count). The van der Waals surface area contributed by atoms with Gasteiger partial charge in [0, 0.05) is 52.4 Å². The van der Waals surface area contributed by atoms with E-state index < -0.39 is 187 Å². The molecule has 10 atom stereocenters. The maximum Gasteiger partial charge on any atom is 0.508 e. The molecule has 2 aromatic rings. The van der Waals surface area contributed by atoms with Crippen molar-refractivity contribution in [3.63, 3.8) is 0 Å². The molecule has 2 aromatic heterocycles. The van der Waals surface area contributed by atoms with Crippen LogP contribution in [-0.2, 0) is 117 Å². The van der Waals surface area contributed by atoms with E-state index in [4.69, 9.17) is 67.0 Å². The third-order valence-electron chi connectivity index (χ3n) is 13.2. The number of aromatic nitrogens is 6. The molecule has 41 heteroatoms. The highest BCUT2D eigenvalue weighted by molar-refractivity contribution is 5.99. The van der Waals surface area contributed by atoms with Crippen molar-refractivity contribution in [1.82, 2.24) is 77.8 Å². The van der Waals surface area contributed by atoms with Gasteiger partial charge in [-0.2, -0.15) is 0 Å². The quantitative estimate of drug-likeness (QED) is 0.0218. The molecule has 2 fully saturated rings. The Morgan fingerprint density at radius 3 is 1.41 bits per heavy atom. The number of hydrogen-bond acceptors (Lipinski definition) is 30. The highest BCUT2D eigenvalue weighted by Gasteiger charge is 2.51. The molecule has 0 unspecified atom stereocenters. The van der Waals surface area contributed by atoms with Gasteiger partial charge < -0.3 is 98.8 Å². The normalized spacial score (nSPS) is 21.3. The number of nitrogens with one attached hydrogen (secondary N) is 10. The average Bonchev–Trinajstić information content (AvgIpc) is 1.02. The molecule has 98 heavy (non-hydrogen) atoms. The third kappa shape index (κ3) is 25.0. The standard InChI is InChI=1S/C57H83N17O24/c1-28(75)62-40-32(64-48(58)66-50(81)96-55(3,4)5)18-34(46(79)86-12)92-44(40)42(36-24-90-53(84)94-36)88-26-38(77)60-14-16-73-22-30(69-71-73)20-59-21-31-23-74(72-70-31)17-15-61-39(78)27-89-43(37-25-91-54(85)95-37)45-41(63-29(2)76)33(19-35(93-45)47(80)87-13)65-49(67-51(82)97-56(6,7)8)68-52(83)98-57(9,10)11/h18-19,22-23,32-33,36-37,40-45,59H,14-17,20-21,24-27H2,1-13H3,(H,60,77)(H,61,78)(H,62,75)(H,63,76)(H3,58,64,66,81)(H2,65,67,68,82,83)/t32-,33-,36+,37+,40+,41+,42+,43+,44+,45+/m0/s1. The molecule has 4 aliphatic heterocycles. The number of amides is 7. The number of guanidine groups is 2. The van der Waals surface area contributed by atoms with Gasteiger partial charge >= 0.3 is 42.5 Å². The predicted molar refractivity (Wildman–Crippen MR) is 328 cm³/mol. The fraction of sp³-hybridized carbons (Fsp3) is 0.632. The number of cyclic esters (lactones) is 4. The molecular weight excluding hydrogens is 1310 g/mol. The number of nitrogens with zero attached hydrogens (tertiary/aromatic N) is 7. The summed E-state index contributed by atoms with van der Waals surface area (Å²) in [6.07, 6.45) is -8.14. The lowest BCUT2D eigenvalue weighted by molar-refractivity contribution is -0.155. The molecule has 4 aliphatic rings. The summed E-state index contributed by atoms with van der Waals surface area (Å²) in [6.45, 7) is 15.3. The van der Waals surface area contributed by atoms with Crippen molar-refractivity contribution in [2.45, 2.75) is 180 Å². The Morgan fingerprint density at radius 2 is 1.02 bits per heavy atom. The third-order valence-corrected chi connectivity index (χ3v) is 13.2. The summed E-state index contributed by atoms with van der Waals surface area (Å²) in [6, 6.07) is -5.07. The van der Waals surface area contributed by atoms with Crippen LogP contribution in [0.3, 0.4) is 0 Å². The van der Waals surface area contributed by atoms with Crippen molar-refractivity contribution in [3.8, 4) is 0 Å². The first-order valence-electron chi connectivity index (χ1n) is 30.4. The van der Waals surface area contributed by atoms with Crippen molar-refractivity contribution in [2.75, 3.05) is 53.7 Å². The Morgan fingerprint density at radius 1 is 0.602 bits per heavy atom. The maximum atomic E-state index is 13.4. The zero-order chi connectivity index (χ0) is 72.2. The minimum atomic E-state index is -1.52. The molecule has 2 saturated heterocycles. The molecule has 0 radical (unpaired) electrons. The largest absolute Gasteiger partial charge is 0.508 e. The Balaban J connectivity index is 1.00. The highest BCUT2D eigenvalue weighted by atomic mass is 16.8. The number of carbonyl (C=O) groups excluding carboxylic acids is 11. The number of carbonyl (C=O) groups is 11. The van der Waals surface area contributed by atoms with Gasteiger partial charge in [0.15, 0.2) is 30.4 Å². The Bertz CT molecular complexity index is 3330. The Labute approximate surface area is 560 Å². The topological polar surface area (TPSA) is 514 Å². The van der Waals surface area contributed by atoms with Crippen molar-refractivity contribution in [2.24, 2.45) is 4.99 Å². The van der Waals surface area contributed by atoms with Crippen LogP contribution in [0.5, 0.6) is 0 Å². The minimum absolute atomic E-state index is 0.00667. The molecule has 0 bridgehead atoms. The Kier molecular flexibility index (Phi) is 26.9. The number of hydrogen-bond donors (Lipinski definition) is 10. The first-order valence-corrected chi connectivity index (χ1v) is 30.4. The molecule has 0 aliphatic carbocycles. The fourth-order valence-corrected chi connectivity index (χ4v) is 9.43. The SMILES string of the molecule is COC(=O)C1=C[C@H](NC(=N)NC(=O)OC(C)(C)C)[C@@H](NC(C)=O)[C@H]([C@H](OCC(=O)NCCn2cc(CNCc3cn(CCNC(=O)CO[C@@H]([C@@H]4OC(C(=O)OC)=C[C@H](N/C(=N/C(=O)OC(C)(C)C)NC(=O)OC(C)(C)C)[C@H]4NC(C)=O)[C@H]4COC(=O)O4)nn3)nn2)[C@H]2COC(=O)O2)O1. The zero-order valence-electron chi connectivity index (χ0n) is 56.1. The zero-order valence-corrected chi connectivity index (χ0v) is 56.1. The lowest BCUT2D eigenvalue weighted by Crippen LogP contribution is -2.65. The molecule has 0 saturated carbocycles. The lowest BCUT2D eigenvalue weighted by atomic mass is 9.91. The number of alkyl carbamates (subject to hydrolysis) is 2. The van der Waals surface area contributed by atoms with E-state index in [1.807, 2.05) is 0 Å². The van der Waals surface area contributed by atoms with Crippen molar-refractivity contribution in [1.29, 1.82) is 5.41 Å². The molecule has 41 nitrogen and oxygen atoms in total. The van der Waals surface area contributed by atoms with Crippen LogP contribution in [0.4, 0.5) is 24.0 Å². The predicted octanol–water partition coefficient (Wildman–Crippen LogP) is -1.65. The minimum Gasteiger partial charge on any atom is -0.478 e. The summed E-state index contributed by atoms with van der Waals surface area (Å²) in [7, 11) is 2.14. The van der Waals surface area contributed by atoms with Crippen LogP contribution >= 0.6 is 0 Å². The van der Waals surface area contributed by atoms with E-state index in [1.165, 1.54) is 28.4 Å². The second-order valence-corrected chi connectivity index (χ2v) is 24.8. The van der Waals surface area contributed by atoms with E-state index in [0.717, 1.165) is 21.1 Å². The number of methoxy groups -OCH3 is 2. The van der Waals surface area contributed by atoms with E-state index in [0.29, 0.717) is 11.4 Å². The summed E-state index contributed by atoms with van der Waals surface area (Å²) in [5.74, 6) is -6.62. The van der Waals surface area contributed by atoms with Gasteiger partial charge in [-0.05, 0) is 74.5 Å². The van der Waals surface area contributed by atoms with Crippen LogP contribution < -0.4 is 47.9 Å². The number of esters is 2. The van der Waals surface area contributed by atoms with Gasteiger partial charge in [-0.1, -0.05) is 10.4 Å². The lowest BCUT2D eigenvalue weighted by Gasteiger charge is -2.41. The molecule has 6 heterocycles. The molecular formula is C57H83N17O24. The van der Waals surface area contributed by atoms with Gasteiger partial charge in [-0.25, -0.2) is 33.6 Å². The van der Waals surface area contributed by atoms with Crippen molar-refractivity contribution >= 4 is 78.1 Å². The van der Waals surface area contributed by atoms with Crippen LogP contribution in [-0.4, -0.2) is 239 Å². The van der Waals surface area contributed by atoms with E-state index >= 15 is 0 Å². The van der Waals surface area contributed by atoms with Crippen LogP contribution in [0.15, 0.2) is 41.1 Å². The summed E-state index contributed by atoms with van der Waals surface area (Å²) in [5, 5.41) is 49.0. The second-order valence-electron chi connectivity index (χ2n) is 24.8. The smallest absolute Gasteiger partial charge is 0.478 e. The number of ether oxygens (including phenoxy) is 13. The van der Waals surface area contributed by atoms with Crippen LogP contribution in [0.2, 0.25) is 0 Å². The van der Waals surface area contributed by atoms with E-state index in [-0.39, 0.29) is 45.9 Å². The summed E-state index contributed by atoms with van der Waals surface area (Å²) in [4.78, 5) is 145. The summed E-state index contributed by atoms with van der Waals surface area (Å²) >= 11 is 0. The van der Waals surface area contributed by atoms with Crippen molar-refractivity contribution in [3.05, 3.63) is 47.5 Å².